The van der Waals surface area contributed by atoms with Gasteiger partial charge in [0.15, 0.2) is 0 Å². The van der Waals surface area contributed by atoms with Gasteiger partial charge in [0.2, 0.25) is 0 Å². The molecule has 1 saturated heterocycles. The lowest BCUT2D eigenvalue weighted by atomic mass is 10.1. The van der Waals surface area contributed by atoms with Gasteiger partial charge in [0, 0.05) is 19.6 Å². The third-order valence-corrected chi connectivity index (χ3v) is 3.16. The molecule has 2 rings (SSSR count). The first-order valence-electron chi connectivity index (χ1n) is 5.46. The minimum absolute atomic E-state index is 0.0673. The molecule has 0 bridgehead atoms. The average Bonchev–Trinajstić information content (AvgIpc) is 2.56. The summed E-state index contributed by atoms with van der Waals surface area (Å²) in [6.45, 7) is 2.50. The van der Waals surface area contributed by atoms with Crippen LogP contribution in [0.2, 0.25) is 0 Å². The van der Waals surface area contributed by atoms with Crippen molar-refractivity contribution in [2.45, 2.75) is 31.8 Å². The maximum atomic E-state index is 11.4. The Bertz CT molecular complexity index is 220. The van der Waals surface area contributed by atoms with Crippen LogP contribution >= 0.6 is 0 Å². The van der Waals surface area contributed by atoms with Gasteiger partial charge in [-0.3, -0.25) is 0 Å². The molecule has 1 aliphatic carbocycles. The highest BCUT2D eigenvalue weighted by atomic mass is 16.3. The van der Waals surface area contributed by atoms with Gasteiger partial charge >= 0.3 is 6.03 Å². The molecule has 0 aromatic carbocycles. The number of carbonyl (C=O) groups is 1. The van der Waals surface area contributed by atoms with Crippen LogP contribution in [0.15, 0.2) is 0 Å². The molecule has 2 aliphatic rings. The Balaban J connectivity index is 1.81. The highest BCUT2D eigenvalue weighted by Gasteiger charge is 2.27. The summed E-state index contributed by atoms with van der Waals surface area (Å²) in [4.78, 5) is 13.3. The summed E-state index contributed by atoms with van der Waals surface area (Å²) in [7, 11) is 0. The van der Waals surface area contributed by atoms with E-state index in [0.717, 1.165) is 45.3 Å². The number of hydrogen-bond acceptors (Lipinski definition) is 2. The first kappa shape index (κ1) is 9.77. The van der Waals surface area contributed by atoms with Crippen molar-refractivity contribution in [3.05, 3.63) is 0 Å². The molecular weight excluding hydrogens is 180 g/mol. The van der Waals surface area contributed by atoms with Crippen molar-refractivity contribution in [3.63, 3.8) is 0 Å². The molecule has 2 atom stereocenters. The van der Waals surface area contributed by atoms with E-state index in [1.54, 1.807) is 0 Å². The van der Waals surface area contributed by atoms with Crippen LogP contribution in [0.1, 0.15) is 25.7 Å². The molecule has 1 saturated carbocycles. The number of hydrogen-bond donors (Lipinski definition) is 2. The summed E-state index contributed by atoms with van der Waals surface area (Å²) >= 11 is 0. The van der Waals surface area contributed by atoms with Crippen LogP contribution in [0, 0.1) is 5.92 Å². The number of aliphatic hydroxyl groups is 1. The van der Waals surface area contributed by atoms with E-state index in [1.807, 2.05) is 4.90 Å². The molecule has 2 N–H and O–H groups in total. The van der Waals surface area contributed by atoms with E-state index in [4.69, 9.17) is 0 Å². The lowest BCUT2D eigenvalue weighted by Crippen LogP contribution is -2.47. The van der Waals surface area contributed by atoms with Gasteiger partial charge < -0.3 is 15.3 Å². The molecule has 0 aromatic rings. The monoisotopic (exact) mass is 198 g/mol. The summed E-state index contributed by atoms with van der Waals surface area (Å²) in [6.07, 6.45) is 3.74. The molecule has 1 aliphatic heterocycles. The van der Waals surface area contributed by atoms with Crippen LogP contribution < -0.4 is 5.32 Å². The van der Waals surface area contributed by atoms with Gasteiger partial charge in [0.1, 0.15) is 0 Å². The van der Waals surface area contributed by atoms with Gasteiger partial charge in [-0.15, -0.1) is 0 Å². The Kier molecular flexibility index (Phi) is 2.91. The maximum absolute atomic E-state index is 11.4. The smallest absolute Gasteiger partial charge is 0.317 e. The zero-order valence-electron chi connectivity index (χ0n) is 8.41. The molecule has 14 heavy (non-hydrogen) atoms. The SMILES string of the molecule is O=C1NCCCN1CC1CCC(O)C1. The summed E-state index contributed by atoms with van der Waals surface area (Å²) in [6, 6.07) is 0.0673. The van der Waals surface area contributed by atoms with Gasteiger partial charge in [-0.1, -0.05) is 0 Å². The number of nitrogens with one attached hydrogen (secondary N) is 1. The highest BCUT2D eigenvalue weighted by molar-refractivity contribution is 5.74. The minimum Gasteiger partial charge on any atom is -0.393 e. The number of rotatable bonds is 2. The normalized spacial score (nSPS) is 33.2. The molecule has 2 amide bonds. The van der Waals surface area contributed by atoms with Crippen molar-refractivity contribution in [2.24, 2.45) is 5.92 Å². The van der Waals surface area contributed by atoms with E-state index < -0.39 is 0 Å². The largest absolute Gasteiger partial charge is 0.393 e. The minimum atomic E-state index is -0.132. The second-order valence-electron chi connectivity index (χ2n) is 4.36. The molecule has 0 aromatic heterocycles. The lowest BCUT2D eigenvalue weighted by molar-refractivity contribution is 0.159. The third-order valence-electron chi connectivity index (χ3n) is 3.16. The predicted molar refractivity (Wildman–Crippen MR) is 52.9 cm³/mol. The number of aliphatic hydroxyl groups excluding tert-OH is 1. The Morgan fingerprint density at radius 2 is 2.36 bits per heavy atom. The summed E-state index contributed by atoms with van der Waals surface area (Å²) < 4.78 is 0. The fraction of sp³-hybridized carbons (Fsp3) is 0.900. The van der Waals surface area contributed by atoms with E-state index in [2.05, 4.69) is 5.32 Å². The van der Waals surface area contributed by atoms with Crippen molar-refractivity contribution in [1.82, 2.24) is 10.2 Å². The molecular formula is C10H18N2O2. The number of nitrogens with zero attached hydrogens (tertiary/aromatic N) is 1. The number of amides is 2. The van der Waals surface area contributed by atoms with E-state index in [9.17, 15) is 9.90 Å². The summed E-state index contributed by atoms with van der Waals surface area (Å²) in [5, 5.41) is 12.2. The fourth-order valence-electron chi connectivity index (χ4n) is 2.38. The van der Waals surface area contributed by atoms with Crippen molar-refractivity contribution in [1.29, 1.82) is 0 Å². The van der Waals surface area contributed by atoms with E-state index in [-0.39, 0.29) is 12.1 Å². The first-order valence-corrected chi connectivity index (χ1v) is 5.46. The van der Waals surface area contributed by atoms with Crippen LogP contribution in [0.3, 0.4) is 0 Å². The Morgan fingerprint density at radius 1 is 1.50 bits per heavy atom. The third kappa shape index (κ3) is 2.18. The Hall–Kier alpha value is -0.770. The van der Waals surface area contributed by atoms with Gasteiger partial charge in [-0.2, -0.15) is 0 Å². The van der Waals surface area contributed by atoms with Crippen molar-refractivity contribution < 1.29 is 9.90 Å². The zero-order chi connectivity index (χ0) is 9.97. The molecule has 80 valence electrons. The van der Waals surface area contributed by atoms with Crippen molar-refractivity contribution >= 4 is 6.03 Å². The van der Waals surface area contributed by atoms with Crippen LogP contribution in [0.4, 0.5) is 4.79 Å². The van der Waals surface area contributed by atoms with E-state index >= 15 is 0 Å². The second kappa shape index (κ2) is 4.17. The van der Waals surface area contributed by atoms with Crippen molar-refractivity contribution in [2.75, 3.05) is 19.6 Å². The molecule has 4 nitrogen and oxygen atoms in total. The van der Waals surface area contributed by atoms with Crippen LogP contribution in [-0.4, -0.2) is 41.8 Å². The van der Waals surface area contributed by atoms with Crippen LogP contribution in [0.5, 0.6) is 0 Å². The van der Waals surface area contributed by atoms with Crippen LogP contribution in [-0.2, 0) is 0 Å². The van der Waals surface area contributed by atoms with E-state index in [0.29, 0.717) is 5.92 Å². The van der Waals surface area contributed by atoms with Gasteiger partial charge in [0.25, 0.3) is 0 Å². The molecule has 2 fully saturated rings. The topological polar surface area (TPSA) is 52.6 Å². The average molecular weight is 198 g/mol. The molecule has 0 spiro atoms. The predicted octanol–water partition coefficient (Wildman–Crippen LogP) is 0.563. The quantitative estimate of drug-likeness (QED) is 0.681. The zero-order valence-corrected chi connectivity index (χ0v) is 8.41. The standard InChI is InChI=1S/C10H18N2O2/c13-9-3-2-8(6-9)7-12-5-1-4-11-10(12)14/h8-9,13H,1-7H2,(H,11,14). The molecule has 1 heterocycles. The Morgan fingerprint density at radius 3 is 3.00 bits per heavy atom. The maximum Gasteiger partial charge on any atom is 0.317 e. The van der Waals surface area contributed by atoms with Gasteiger partial charge in [-0.25, -0.2) is 4.79 Å². The first-order chi connectivity index (χ1) is 6.75. The van der Waals surface area contributed by atoms with E-state index in [1.165, 1.54) is 0 Å². The lowest BCUT2D eigenvalue weighted by Gasteiger charge is -2.29. The summed E-state index contributed by atoms with van der Waals surface area (Å²) in [5.41, 5.74) is 0. The summed E-state index contributed by atoms with van der Waals surface area (Å²) in [5.74, 6) is 0.508. The highest BCUT2D eigenvalue weighted by Crippen LogP contribution is 2.26. The second-order valence-corrected chi connectivity index (χ2v) is 4.36. The Labute approximate surface area is 84.3 Å². The van der Waals surface area contributed by atoms with Gasteiger partial charge in [-0.05, 0) is 31.6 Å². The molecule has 0 radical (unpaired) electrons. The fourth-order valence-corrected chi connectivity index (χ4v) is 2.38. The number of carbonyl (C=O) groups excluding carboxylic acids is 1. The van der Waals surface area contributed by atoms with Crippen molar-refractivity contribution in [3.8, 4) is 0 Å². The van der Waals surface area contributed by atoms with Crippen LogP contribution in [0.25, 0.3) is 0 Å². The number of urea groups is 1. The molecule has 4 heteroatoms. The molecule has 2 unspecified atom stereocenters. The van der Waals surface area contributed by atoms with Gasteiger partial charge in [0.05, 0.1) is 6.10 Å².